The van der Waals surface area contributed by atoms with Crippen LogP contribution < -0.4 is 14.4 Å². The Hall–Kier alpha value is -3.85. The van der Waals surface area contributed by atoms with Crippen molar-refractivity contribution in [2.75, 3.05) is 24.0 Å². The number of para-hydroxylation sites is 1. The fourth-order valence-electron chi connectivity index (χ4n) is 4.02. The van der Waals surface area contributed by atoms with Gasteiger partial charge in [0.15, 0.2) is 0 Å². The maximum absolute atomic E-state index is 13.8. The van der Waals surface area contributed by atoms with E-state index in [-0.39, 0.29) is 17.3 Å². The van der Waals surface area contributed by atoms with Crippen LogP contribution in [0.3, 0.4) is 0 Å². The molecule has 0 saturated heterocycles. The second kappa shape index (κ2) is 14.3. The van der Waals surface area contributed by atoms with E-state index < -0.39 is 28.5 Å². The van der Waals surface area contributed by atoms with Crippen LogP contribution >= 0.6 is 0 Å². The number of nitrogens with zero attached hydrogens (tertiary/aromatic N) is 2. The van der Waals surface area contributed by atoms with Gasteiger partial charge in [0.2, 0.25) is 11.8 Å². The van der Waals surface area contributed by atoms with Crippen LogP contribution in [0.5, 0.6) is 5.75 Å². The highest BCUT2D eigenvalue weighted by molar-refractivity contribution is 7.92. The molecule has 0 bridgehead atoms. The van der Waals surface area contributed by atoms with Gasteiger partial charge in [-0.25, -0.2) is 8.42 Å². The van der Waals surface area contributed by atoms with Crippen molar-refractivity contribution in [1.82, 2.24) is 10.2 Å². The van der Waals surface area contributed by atoms with E-state index in [0.29, 0.717) is 24.6 Å². The molecule has 208 valence electrons. The first-order chi connectivity index (χ1) is 18.8. The third-order valence-electron chi connectivity index (χ3n) is 6.24. The molecular formula is C30H37N3O5S. The maximum atomic E-state index is 13.8. The summed E-state index contributed by atoms with van der Waals surface area (Å²) in [6, 6.07) is 23.1. The first kappa shape index (κ1) is 29.7. The molecule has 3 rings (SSSR count). The predicted octanol–water partition coefficient (Wildman–Crippen LogP) is 4.61. The molecule has 0 radical (unpaired) electrons. The fraction of sp³-hybridized carbons (Fsp3) is 0.333. The highest BCUT2D eigenvalue weighted by atomic mass is 32.2. The zero-order valence-corrected chi connectivity index (χ0v) is 23.6. The molecule has 0 aliphatic rings. The number of benzene rings is 3. The Morgan fingerprint density at radius 3 is 2.10 bits per heavy atom. The lowest BCUT2D eigenvalue weighted by atomic mass is 10.1. The third kappa shape index (κ3) is 8.07. The highest BCUT2D eigenvalue weighted by Crippen LogP contribution is 2.26. The van der Waals surface area contributed by atoms with Crippen LogP contribution in [0.2, 0.25) is 0 Å². The Labute approximate surface area is 231 Å². The SMILES string of the molecule is CCCCNC(=O)[C@@H](C)N(Cc1ccccc1)C(=O)CN(c1ccccc1)S(=O)(=O)c1ccc(OCC)cc1. The first-order valence-corrected chi connectivity index (χ1v) is 14.6. The van der Waals surface area contributed by atoms with E-state index >= 15 is 0 Å². The number of anilines is 1. The van der Waals surface area contributed by atoms with Gasteiger partial charge in [-0.15, -0.1) is 0 Å². The molecule has 1 atom stereocenters. The number of hydrogen-bond acceptors (Lipinski definition) is 5. The molecule has 1 N–H and O–H groups in total. The third-order valence-corrected chi connectivity index (χ3v) is 8.03. The summed E-state index contributed by atoms with van der Waals surface area (Å²) in [5.41, 5.74) is 1.18. The van der Waals surface area contributed by atoms with Crippen LogP contribution in [0, 0.1) is 0 Å². The van der Waals surface area contributed by atoms with Crippen molar-refractivity contribution in [1.29, 1.82) is 0 Å². The Kier molecular flexibility index (Phi) is 10.9. The lowest BCUT2D eigenvalue weighted by Crippen LogP contribution is -2.51. The highest BCUT2D eigenvalue weighted by Gasteiger charge is 2.32. The van der Waals surface area contributed by atoms with Crippen LogP contribution in [-0.4, -0.2) is 50.9 Å². The van der Waals surface area contributed by atoms with Gasteiger partial charge in [-0.05, 0) is 62.2 Å². The number of carbonyl (C=O) groups excluding carboxylic acids is 2. The largest absolute Gasteiger partial charge is 0.494 e. The van der Waals surface area contributed by atoms with Gasteiger partial charge in [0.25, 0.3) is 10.0 Å². The Bertz CT molecular complexity index is 1300. The van der Waals surface area contributed by atoms with E-state index in [0.717, 1.165) is 22.7 Å². The molecule has 2 amide bonds. The number of sulfonamides is 1. The molecule has 9 heteroatoms. The van der Waals surface area contributed by atoms with Gasteiger partial charge in [-0.1, -0.05) is 61.9 Å². The Balaban J connectivity index is 1.95. The van der Waals surface area contributed by atoms with Gasteiger partial charge in [-0.2, -0.15) is 0 Å². The van der Waals surface area contributed by atoms with Crippen molar-refractivity contribution in [3.05, 3.63) is 90.5 Å². The van der Waals surface area contributed by atoms with Gasteiger partial charge >= 0.3 is 0 Å². The number of amides is 2. The molecule has 0 fully saturated rings. The van der Waals surface area contributed by atoms with Crippen LogP contribution in [-0.2, 0) is 26.2 Å². The number of carbonyl (C=O) groups is 2. The summed E-state index contributed by atoms with van der Waals surface area (Å²) < 4.78 is 34.2. The van der Waals surface area contributed by atoms with Crippen LogP contribution in [0.4, 0.5) is 5.69 Å². The van der Waals surface area contributed by atoms with Crippen molar-refractivity contribution >= 4 is 27.5 Å². The molecule has 0 heterocycles. The summed E-state index contributed by atoms with van der Waals surface area (Å²) in [4.78, 5) is 28.3. The molecular weight excluding hydrogens is 514 g/mol. The summed E-state index contributed by atoms with van der Waals surface area (Å²) in [6.07, 6.45) is 1.75. The van der Waals surface area contributed by atoms with Crippen molar-refractivity contribution in [2.24, 2.45) is 0 Å². The fourth-order valence-corrected chi connectivity index (χ4v) is 5.44. The number of rotatable bonds is 14. The molecule has 3 aromatic carbocycles. The van der Waals surface area contributed by atoms with E-state index in [4.69, 9.17) is 4.74 Å². The van der Waals surface area contributed by atoms with Crippen LogP contribution in [0.25, 0.3) is 0 Å². The van der Waals surface area contributed by atoms with Crippen LogP contribution in [0.15, 0.2) is 89.8 Å². The average molecular weight is 552 g/mol. The normalized spacial score (nSPS) is 11.9. The molecule has 0 spiro atoms. The quantitative estimate of drug-likeness (QED) is 0.295. The molecule has 0 saturated carbocycles. The molecule has 0 aliphatic carbocycles. The van der Waals surface area contributed by atoms with E-state index in [1.165, 1.54) is 17.0 Å². The topological polar surface area (TPSA) is 96.0 Å². The molecule has 0 aliphatic heterocycles. The second-order valence-corrected chi connectivity index (χ2v) is 10.9. The molecule has 39 heavy (non-hydrogen) atoms. The summed E-state index contributed by atoms with van der Waals surface area (Å²) in [6.45, 7) is 6.19. The van der Waals surface area contributed by atoms with E-state index in [1.807, 2.05) is 44.2 Å². The minimum absolute atomic E-state index is 0.0302. The standard InChI is InChI=1S/C30H37N3O5S/c1-4-6-21-31-30(35)24(3)32(22-25-13-9-7-10-14-25)29(34)23-33(26-15-11-8-12-16-26)39(36,37)28-19-17-27(18-20-28)38-5-2/h7-20,24H,4-6,21-23H2,1-3H3,(H,31,35)/t24-/m1/s1. The molecule has 8 nitrogen and oxygen atoms in total. The number of hydrogen-bond donors (Lipinski definition) is 1. The minimum atomic E-state index is -4.12. The Morgan fingerprint density at radius 1 is 0.897 bits per heavy atom. The van der Waals surface area contributed by atoms with E-state index in [2.05, 4.69) is 5.32 Å². The zero-order chi connectivity index (χ0) is 28.3. The number of unbranched alkanes of at least 4 members (excludes halogenated alkanes) is 1. The lowest BCUT2D eigenvalue weighted by molar-refractivity contribution is -0.139. The summed E-state index contributed by atoms with van der Waals surface area (Å²) >= 11 is 0. The minimum Gasteiger partial charge on any atom is -0.494 e. The zero-order valence-electron chi connectivity index (χ0n) is 22.7. The first-order valence-electron chi connectivity index (χ1n) is 13.2. The molecule has 3 aromatic rings. The number of ether oxygens (including phenoxy) is 1. The molecule has 0 aromatic heterocycles. The molecule has 0 unspecified atom stereocenters. The van der Waals surface area contributed by atoms with Gasteiger partial charge in [-0.3, -0.25) is 13.9 Å². The van der Waals surface area contributed by atoms with Crippen molar-refractivity contribution < 1.29 is 22.7 Å². The van der Waals surface area contributed by atoms with E-state index in [1.54, 1.807) is 49.4 Å². The van der Waals surface area contributed by atoms with Crippen molar-refractivity contribution in [2.45, 2.75) is 51.1 Å². The van der Waals surface area contributed by atoms with Crippen molar-refractivity contribution in [3.63, 3.8) is 0 Å². The Morgan fingerprint density at radius 2 is 1.51 bits per heavy atom. The van der Waals surface area contributed by atoms with Crippen molar-refractivity contribution in [3.8, 4) is 5.75 Å². The maximum Gasteiger partial charge on any atom is 0.264 e. The van der Waals surface area contributed by atoms with Gasteiger partial charge in [0.05, 0.1) is 17.2 Å². The predicted molar refractivity (Wildman–Crippen MR) is 153 cm³/mol. The monoisotopic (exact) mass is 551 g/mol. The van der Waals surface area contributed by atoms with Crippen LogP contribution in [0.1, 0.15) is 39.2 Å². The van der Waals surface area contributed by atoms with Gasteiger partial charge in [0.1, 0.15) is 18.3 Å². The summed E-state index contributed by atoms with van der Waals surface area (Å²) in [7, 11) is -4.12. The van der Waals surface area contributed by atoms with Gasteiger partial charge in [0, 0.05) is 13.1 Å². The summed E-state index contributed by atoms with van der Waals surface area (Å²) in [5.74, 6) is -0.223. The summed E-state index contributed by atoms with van der Waals surface area (Å²) in [5, 5.41) is 2.88. The number of nitrogens with one attached hydrogen (secondary N) is 1. The smallest absolute Gasteiger partial charge is 0.264 e. The van der Waals surface area contributed by atoms with E-state index in [9.17, 15) is 18.0 Å². The average Bonchev–Trinajstić information content (AvgIpc) is 2.95. The lowest BCUT2D eigenvalue weighted by Gasteiger charge is -2.32. The van der Waals surface area contributed by atoms with Gasteiger partial charge < -0.3 is 15.0 Å². The second-order valence-electron chi connectivity index (χ2n) is 9.08.